The van der Waals surface area contributed by atoms with E-state index in [4.69, 9.17) is 4.74 Å². The van der Waals surface area contributed by atoms with Gasteiger partial charge in [0.15, 0.2) is 6.23 Å². The number of hydrogen-bond donors (Lipinski definition) is 2. The number of benzene rings is 2. The summed E-state index contributed by atoms with van der Waals surface area (Å²) in [4.78, 5) is 27.0. The maximum absolute atomic E-state index is 13.0. The van der Waals surface area contributed by atoms with Crippen molar-refractivity contribution in [2.75, 3.05) is 13.1 Å². The van der Waals surface area contributed by atoms with Gasteiger partial charge in [-0.05, 0) is 17.7 Å². The molecule has 0 radical (unpaired) electrons. The molecule has 6 nitrogen and oxygen atoms in total. The number of piperazine rings is 1. The van der Waals surface area contributed by atoms with E-state index in [1.165, 1.54) is 12.1 Å². The van der Waals surface area contributed by atoms with Gasteiger partial charge >= 0.3 is 5.97 Å². The van der Waals surface area contributed by atoms with Gasteiger partial charge in [-0.25, -0.2) is 9.29 Å². The Hall–Kier alpha value is -2.77. The molecule has 7 heteroatoms. The van der Waals surface area contributed by atoms with Crippen LogP contribution in [-0.4, -0.2) is 41.9 Å². The number of esters is 1. The summed E-state index contributed by atoms with van der Waals surface area (Å²) in [5, 5.41) is 6.02. The standard InChI is InChI=1S/C20H20FN3O3/c21-15-8-6-13(7-9-15)10-23-18(25)16-11-22-12-17-20(26)27-19(24(16)17)14-4-2-1-3-5-14/h1-9,16-17,19,22H,10-12H2,(H,23,25). The Morgan fingerprint density at radius 3 is 2.63 bits per heavy atom. The van der Waals surface area contributed by atoms with Crippen molar-refractivity contribution < 1.29 is 18.7 Å². The number of carbonyl (C=O) groups excluding carboxylic acids is 2. The summed E-state index contributed by atoms with van der Waals surface area (Å²) < 4.78 is 18.6. The normalized spacial score (nSPS) is 24.9. The second-order valence-electron chi connectivity index (χ2n) is 6.68. The third kappa shape index (κ3) is 3.56. The van der Waals surface area contributed by atoms with E-state index in [2.05, 4.69) is 10.6 Å². The van der Waals surface area contributed by atoms with Gasteiger partial charge in [-0.3, -0.25) is 9.59 Å². The van der Waals surface area contributed by atoms with Crippen molar-refractivity contribution in [3.05, 3.63) is 71.5 Å². The van der Waals surface area contributed by atoms with Gasteiger partial charge in [0.1, 0.15) is 17.9 Å². The molecule has 0 saturated carbocycles. The van der Waals surface area contributed by atoms with E-state index >= 15 is 0 Å². The first kappa shape index (κ1) is 17.6. The Balaban J connectivity index is 1.51. The number of halogens is 1. The molecule has 0 aromatic heterocycles. The molecule has 3 atom stereocenters. The van der Waals surface area contributed by atoms with Crippen LogP contribution in [0.1, 0.15) is 17.4 Å². The fraction of sp³-hybridized carbons (Fsp3) is 0.300. The highest BCUT2D eigenvalue weighted by molar-refractivity contribution is 5.85. The molecule has 27 heavy (non-hydrogen) atoms. The summed E-state index contributed by atoms with van der Waals surface area (Å²) in [6, 6.07) is 14.4. The molecule has 3 unspecified atom stereocenters. The van der Waals surface area contributed by atoms with Crippen LogP contribution in [0.15, 0.2) is 54.6 Å². The van der Waals surface area contributed by atoms with Gasteiger partial charge < -0.3 is 15.4 Å². The lowest BCUT2D eigenvalue weighted by Gasteiger charge is -2.37. The van der Waals surface area contributed by atoms with E-state index < -0.39 is 18.3 Å². The second kappa shape index (κ2) is 7.46. The van der Waals surface area contributed by atoms with Gasteiger partial charge in [-0.1, -0.05) is 42.5 Å². The lowest BCUT2D eigenvalue weighted by Crippen LogP contribution is -2.61. The monoisotopic (exact) mass is 369 g/mol. The molecule has 2 aliphatic heterocycles. The number of amides is 1. The Bertz CT molecular complexity index is 828. The minimum absolute atomic E-state index is 0.198. The number of fused-ring (bicyclic) bond motifs is 1. The average molecular weight is 369 g/mol. The highest BCUT2D eigenvalue weighted by atomic mass is 19.1. The molecule has 0 aliphatic carbocycles. The highest BCUT2D eigenvalue weighted by Gasteiger charge is 2.50. The van der Waals surface area contributed by atoms with Gasteiger partial charge in [0, 0.05) is 25.2 Å². The van der Waals surface area contributed by atoms with Crippen LogP contribution in [0.25, 0.3) is 0 Å². The number of rotatable bonds is 4. The summed E-state index contributed by atoms with van der Waals surface area (Å²) in [7, 11) is 0. The van der Waals surface area contributed by atoms with Gasteiger partial charge in [-0.15, -0.1) is 0 Å². The number of nitrogens with one attached hydrogen (secondary N) is 2. The molecule has 0 spiro atoms. The number of ether oxygens (including phenoxy) is 1. The van der Waals surface area contributed by atoms with Crippen LogP contribution < -0.4 is 10.6 Å². The van der Waals surface area contributed by atoms with Crippen LogP contribution in [0.3, 0.4) is 0 Å². The Kier molecular flexibility index (Phi) is 4.87. The summed E-state index contributed by atoms with van der Waals surface area (Å²) in [6.07, 6.45) is -0.577. The Morgan fingerprint density at radius 2 is 1.89 bits per heavy atom. The summed E-state index contributed by atoms with van der Waals surface area (Å²) in [5.74, 6) is -0.842. The topological polar surface area (TPSA) is 70.7 Å². The summed E-state index contributed by atoms with van der Waals surface area (Å²) >= 11 is 0. The number of carbonyl (C=O) groups is 2. The van der Waals surface area contributed by atoms with Gasteiger partial charge in [0.25, 0.3) is 0 Å². The Labute approximate surface area is 156 Å². The highest BCUT2D eigenvalue weighted by Crippen LogP contribution is 2.34. The molecule has 2 aromatic carbocycles. The molecule has 2 N–H and O–H groups in total. The molecular weight excluding hydrogens is 349 g/mol. The van der Waals surface area contributed by atoms with E-state index in [1.807, 2.05) is 35.2 Å². The van der Waals surface area contributed by atoms with Gasteiger partial charge in [0.05, 0.1) is 0 Å². The average Bonchev–Trinajstić information content (AvgIpc) is 3.05. The molecule has 2 aromatic rings. The van der Waals surface area contributed by atoms with Crippen LogP contribution >= 0.6 is 0 Å². The summed E-state index contributed by atoms with van der Waals surface area (Å²) in [6.45, 7) is 1.16. The van der Waals surface area contributed by atoms with Crippen molar-refractivity contribution in [1.82, 2.24) is 15.5 Å². The van der Waals surface area contributed by atoms with E-state index in [-0.39, 0.29) is 17.7 Å². The SMILES string of the molecule is O=C(NCc1ccc(F)cc1)C1CNCC2C(=O)OC(c3ccccc3)N12. The first-order valence-electron chi connectivity index (χ1n) is 8.89. The third-order valence-electron chi connectivity index (χ3n) is 4.93. The molecule has 2 heterocycles. The molecule has 2 aliphatic rings. The first-order chi connectivity index (χ1) is 13.1. The maximum atomic E-state index is 13.0. The summed E-state index contributed by atoms with van der Waals surface area (Å²) in [5.41, 5.74) is 1.64. The zero-order valence-corrected chi connectivity index (χ0v) is 14.6. The third-order valence-corrected chi connectivity index (χ3v) is 4.93. The van der Waals surface area contributed by atoms with Gasteiger partial charge in [-0.2, -0.15) is 0 Å². The molecule has 0 bridgehead atoms. The predicted molar refractivity (Wildman–Crippen MR) is 95.8 cm³/mol. The van der Waals surface area contributed by atoms with Crippen molar-refractivity contribution in [2.24, 2.45) is 0 Å². The van der Waals surface area contributed by atoms with E-state index in [1.54, 1.807) is 12.1 Å². The van der Waals surface area contributed by atoms with Crippen LogP contribution in [0.2, 0.25) is 0 Å². The molecule has 2 saturated heterocycles. The van der Waals surface area contributed by atoms with Crippen LogP contribution in [0.4, 0.5) is 4.39 Å². The second-order valence-corrected chi connectivity index (χ2v) is 6.68. The lowest BCUT2D eigenvalue weighted by molar-refractivity contribution is -0.143. The van der Waals surface area contributed by atoms with Crippen LogP contribution in [0, 0.1) is 5.82 Å². The van der Waals surface area contributed by atoms with Crippen LogP contribution in [-0.2, 0) is 20.9 Å². The molecule has 1 amide bonds. The minimum atomic E-state index is -0.577. The van der Waals surface area contributed by atoms with Gasteiger partial charge in [0.2, 0.25) is 5.91 Å². The molecule has 140 valence electrons. The minimum Gasteiger partial charge on any atom is -0.441 e. The lowest BCUT2D eigenvalue weighted by atomic mass is 10.1. The first-order valence-corrected chi connectivity index (χ1v) is 8.89. The van der Waals surface area contributed by atoms with Crippen molar-refractivity contribution in [2.45, 2.75) is 24.9 Å². The largest absolute Gasteiger partial charge is 0.441 e. The van der Waals surface area contributed by atoms with Crippen molar-refractivity contribution >= 4 is 11.9 Å². The van der Waals surface area contributed by atoms with Crippen LogP contribution in [0.5, 0.6) is 0 Å². The van der Waals surface area contributed by atoms with Crippen molar-refractivity contribution in [1.29, 1.82) is 0 Å². The van der Waals surface area contributed by atoms with Crippen molar-refractivity contribution in [3.63, 3.8) is 0 Å². The fourth-order valence-electron chi connectivity index (χ4n) is 3.56. The fourth-order valence-corrected chi connectivity index (χ4v) is 3.56. The quantitative estimate of drug-likeness (QED) is 0.796. The zero-order valence-electron chi connectivity index (χ0n) is 14.6. The number of hydrogen-bond acceptors (Lipinski definition) is 5. The molecule has 2 fully saturated rings. The number of cyclic esters (lactones) is 1. The smallest absolute Gasteiger partial charge is 0.326 e. The van der Waals surface area contributed by atoms with E-state index in [9.17, 15) is 14.0 Å². The Morgan fingerprint density at radius 1 is 1.15 bits per heavy atom. The van der Waals surface area contributed by atoms with E-state index in [0.717, 1.165) is 11.1 Å². The predicted octanol–water partition coefficient (Wildman–Crippen LogP) is 1.34. The zero-order chi connectivity index (χ0) is 18.8. The van der Waals surface area contributed by atoms with E-state index in [0.29, 0.717) is 19.6 Å². The van der Waals surface area contributed by atoms with Crippen molar-refractivity contribution in [3.8, 4) is 0 Å². The molecular formula is C20H20FN3O3. The maximum Gasteiger partial charge on any atom is 0.326 e. The molecule has 4 rings (SSSR count). The number of nitrogens with zero attached hydrogens (tertiary/aromatic N) is 1.